The van der Waals surface area contributed by atoms with Gasteiger partial charge in [0.05, 0.1) is 11.3 Å². The number of nitrogens with zero attached hydrogens (tertiary/aromatic N) is 2. The molecule has 0 saturated carbocycles. The molecule has 1 atom stereocenters. The topological polar surface area (TPSA) is 57.7 Å². The summed E-state index contributed by atoms with van der Waals surface area (Å²) in [6, 6.07) is 6.36. The van der Waals surface area contributed by atoms with E-state index in [0.29, 0.717) is 24.2 Å². The predicted molar refractivity (Wildman–Crippen MR) is 77.8 cm³/mol. The Morgan fingerprint density at radius 1 is 1.24 bits per heavy atom. The van der Waals surface area contributed by atoms with E-state index in [-0.39, 0.29) is 23.6 Å². The Hall–Kier alpha value is -2.17. The van der Waals surface area contributed by atoms with Crippen molar-refractivity contribution in [1.82, 2.24) is 4.90 Å². The quantitative estimate of drug-likeness (QED) is 0.791. The number of carbonyl (C=O) groups is 3. The third kappa shape index (κ3) is 2.04. The van der Waals surface area contributed by atoms with Gasteiger partial charge in [0.2, 0.25) is 5.91 Å². The Morgan fingerprint density at radius 2 is 1.95 bits per heavy atom. The van der Waals surface area contributed by atoms with Gasteiger partial charge in [0, 0.05) is 12.5 Å². The number of hydrogen-bond donors (Lipinski definition) is 0. The number of hydrogen-bond acceptors (Lipinski definition) is 3. The van der Waals surface area contributed by atoms with Gasteiger partial charge in [-0.25, -0.2) is 4.90 Å². The van der Waals surface area contributed by atoms with Crippen molar-refractivity contribution in [2.24, 2.45) is 5.92 Å². The summed E-state index contributed by atoms with van der Waals surface area (Å²) in [4.78, 5) is 40.7. The van der Waals surface area contributed by atoms with Gasteiger partial charge in [-0.1, -0.05) is 26.0 Å². The smallest absolute Gasteiger partial charge is 0.256 e. The summed E-state index contributed by atoms with van der Waals surface area (Å²) in [5, 5.41) is 0. The van der Waals surface area contributed by atoms with Crippen LogP contribution in [0.3, 0.4) is 0 Å². The maximum atomic E-state index is 12.8. The normalized spacial score (nSPS) is 21.4. The lowest BCUT2D eigenvalue weighted by atomic mass is 10.1. The van der Waals surface area contributed by atoms with E-state index in [4.69, 9.17) is 0 Å². The standard InChI is InChI=1S/C16H18N2O3/c1-10(2)14(19)18-12-7-4-3-6-11(12)15(20)17-9-5-8-13(17)16(18)21/h3-4,6-7,10,13H,5,8-9H2,1-2H3. The van der Waals surface area contributed by atoms with Crippen LogP contribution in [-0.4, -0.2) is 35.2 Å². The lowest BCUT2D eigenvalue weighted by Gasteiger charge is -2.25. The van der Waals surface area contributed by atoms with E-state index in [1.165, 1.54) is 4.90 Å². The summed E-state index contributed by atoms with van der Waals surface area (Å²) in [7, 11) is 0. The third-order valence-corrected chi connectivity index (χ3v) is 4.11. The fourth-order valence-corrected chi connectivity index (χ4v) is 3.02. The van der Waals surface area contributed by atoms with Gasteiger partial charge < -0.3 is 4.90 Å². The second-order valence-corrected chi connectivity index (χ2v) is 5.84. The van der Waals surface area contributed by atoms with E-state index in [1.54, 1.807) is 43.0 Å². The van der Waals surface area contributed by atoms with Crippen LogP contribution in [0.15, 0.2) is 24.3 Å². The van der Waals surface area contributed by atoms with Gasteiger partial charge >= 0.3 is 0 Å². The minimum atomic E-state index is -0.507. The molecule has 0 aromatic heterocycles. The molecule has 1 unspecified atom stereocenters. The number of benzene rings is 1. The Kier molecular flexibility index (Phi) is 3.27. The first-order chi connectivity index (χ1) is 10.0. The van der Waals surface area contributed by atoms with Crippen molar-refractivity contribution in [2.75, 3.05) is 11.4 Å². The van der Waals surface area contributed by atoms with Gasteiger partial charge in [-0.15, -0.1) is 0 Å². The Morgan fingerprint density at radius 3 is 2.67 bits per heavy atom. The molecular formula is C16H18N2O3. The van der Waals surface area contributed by atoms with Crippen LogP contribution in [0.4, 0.5) is 5.69 Å². The first kappa shape index (κ1) is 13.8. The molecule has 21 heavy (non-hydrogen) atoms. The van der Waals surface area contributed by atoms with Crippen molar-refractivity contribution in [2.45, 2.75) is 32.7 Å². The zero-order valence-electron chi connectivity index (χ0n) is 12.2. The number of anilines is 1. The number of fused-ring (bicyclic) bond motifs is 2. The van der Waals surface area contributed by atoms with E-state index in [1.807, 2.05) is 0 Å². The van der Waals surface area contributed by atoms with Crippen LogP contribution in [0, 0.1) is 5.92 Å². The van der Waals surface area contributed by atoms with Gasteiger partial charge in [0.1, 0.15) is 6.04 Å². The number of amides is 3. The molecule has 0 spiro atoms. The Bertz CT molecular complexity index is 624. The highest BCUT2D eigenvalue weighted by Crippen LogP contribution is 2.33. The molecule has 0 bridgehead atoms. The third-order valence-electron chi connectivity index (χ3n) is 4.11. The van der Waals surface area contributed by atoms with Crippen molar-refractivity contribution >= 4 is 23.4 Å². The molecule has 5 heteroatoms. The monoisotopic (exact) mass is 286 g/mol. The van der Waals surface area contributed by atoms with Crippen molar-refractivity contribution in [1.29, 1.82) is 0 Å². The number of rotatable bonds is 1. The maximum Gasteiger partial charge on any atom is 0.256 e. The van der Waals surface area contributed by atoms with Crippen LogP contribution >= 0.6 is 0 Å². The molecule has 2 aliphatic heterocycles. The van der Waals surface area contributed by atoms with Gasteiger partial charge in [-0.3, -0.25) is 14.4 Å². The Balaban J connectivity index is 2.18. The molecule has 1 fully saturated rings. The highest BCUT2D eigenvalue weighted by molar-refractivity contribution is 6.22. The second-order valence-electron chi connectivity index (χ2n) is 5.84. The van der Waals surface area contributed by atoms with Gasteiger partial charge in [0.25, 0.3) is 11.8 Å². The molecule has 1 aromatic carbocycles. The largest absolute Gasteiger partial charge is 0.327 e. The van der Waals surface area contributed by atoms with Gasteiger partial charge in [-0.2, -0.15) is 0 Å². The van der Waals surface area contributed by atoms with E-state index in [9.17, 15) is 14.4 Å². The Labute approximate surface area is 123 Å². The SMILES string of the molecule is CC(C)C(=O)N1C(=O)C2CCCN2C(=O)c2ccccc21. The predicted octanol–water partition coefficient (Wildman–Crippen LogP) is 1.82. The molecule has 3 amide bonds. The zero-order chi connectivity index (χ0) is 15.1. The zero-order valence-corrected chi connectivity index (χ0v) is 12.2. The van der Waals surface area contributed by atoms with Crippen LogP contribution in [0.25, 0.3) is 0 Å². The number of carbonyl (C=O) groups excluding carboxylic acids is 3. The highest BCUT2D eigenvalue weighted by atomic mass is 16.2. The lowest BCUT2D eigenvalue weighted by molar-refractivity contribution is -0.130. The van der Waals surface area contributed by atoms with Crippen molar-refractivity contribution in [3.63, 3.8) is 0 Å². The van der Waals surface area contributed by atoms with Crippen molar-refractivity contribution in [3.05, 3.63) is 29.8 Å². The van der Waals surface area contributed by atoms with Crippen LogP contribution in [0.5, 0.6) is 0 Å². The summed E-state index contributed by atoms with van der Waals surface area (Å²) in [5.74, 6) is -0.982. The number of para-hydroxylation sites is 1. The van der Waals surface area contributed by atoms with Crippen molar-refractivity contribution in [3.8, 4) is 0 Å². The first-order valence-electron chi connectivity index (χ1n) is 7.30. The molecule has 0 N–H and O–H groups in total. The molecule has 2 heterocycles. The minimum absolute atomic E-state index is 0.152. The first-order valence-corrected chi connectivity index (χ1v) is 7.30. The minimum Gasteiger partial charge on any atom is -0.327 e. The molecule has 1 aromatic rings. The van der Waals surface area contributed by atoms with E-state index < -0.39 is 6.04 Å². The van der Waals surface area contributed by atoms with E-state index in [0.717, 1.165) is 6.42 Å². The molecule has 0 aliphatic carbocycles. The molecule has 1 saturated heterocycles. The molecular weight excluding hydrogens is 268 g/mol. The van der Waals surface area contributed by atoms with Gasteiger partial charge in [0.15, 0.2) is 0 Å². The number of imide groups is 1. The molecule has 3 rings (SSSR count). The average molecular weight is 286 g/mol. The van der Waals surface area contributed by atoms with Crippen molar-refractivity contribution < 1.29 is 14.4 Å². The summed E-state index contributed by atoms with van der Waals surface area (Å²) in [5.41, 5.74) is 0.852. The summed E-state index contributed by atoms with van der Waals surface area (Å²) in [6.07, 6.45) is 1.43. The fraction of sp³-hybridized carbons (Fsp3) is 0.438. The van der Waals surface area contributed by atoms with Crippen LogP contribution in [-0.2, 0) is 9.59 Å². The molecule has 110 valence electrons. The molecule has 5 nitrogen and oxygen atoms in total. The average Bonchev–Trinajstić information content (AvgIpc) is 2.93. The highest BCUT2D eigenvalue weighted by Gasteiger charge is 2.44. The summed E-state index contributed by atoms with van der Waals surface area (Å²) >= 11 is 0. The maximum absolute atomic E-state index is 12.8. The van der Waals surface area contributed by atoms with Crippen LogP contribution in [0.1, 0.15) is 37.0 Å². The van der Waals surface area contributed by atoms with E-state index in [2.05, 4.69) is 0 Å². The lowest BCUT2D eigenvalue weighted by Crippen LogP contribution is -2.48. The van der Waals surface area contributed by atoms with Crippen LogP contribution < -0.4 is 4.90 Å². The fourth-order valence-electron chi connectivity index (χ4n) is 3.02. The second kappa shape index (κ2) is 4.98. The van der Waals surface area contributed by atoms with Gasteiger partial charge in [-0.05, 0) is 25.0 Å². The summed E-state index contributed by atoms with van der Waals surface area (Å²) < 4.78 is 0. The van der Waals surface area contributed by atoms with E-state index >= 15 is 0 Å². The van der Waals surface area contributed by atoms with Crippen LogP contribution in [0.2, 0.25) is 0 Å². The molecule has 0 radical (unpaired) electrons. The molecule has 2 aliphatic rings. The summed E-state index contributed by atoms with van der Waals surface area (Å²) in [6.45, 7) is 4.10.